The van der Waals surface area contributed by atoms with Crippen LogP contribution >= 0.6 is 0 Å². The first-order valence-corrected chi connectivity index (χ1v) is 10.7. The highest BCUT2D eigenvalue weighted by molar-refractivity contribution is 5.94. The number of carbonyl (C=O) groups is 2. The molecule has 2 amide bonds. The number of carbonyl (C=O) groups excluding carboxylic acids is 2. The minimum absolute atomic E-state index is 0.0848. The smallest absolute Gasteiger partial charge is 0.276 e. The lowest BCUT2D eigenvalue weighted by atomic mass is 10.1. The summed E-state index contributed by atoms with van der Waals surface area (Å²) in [4.78, 5) is 31.3. The van der Waals surface area contributed by atoms with Crippen molar-refractivity contribution in [2.75, 3.05) is 20.2 Å². The summed E-state index contributed by atoms with van der Waals surface area (Å²) in [5.74, 6) is 0.956. The molecule has 0 bridgehead atoms. The zero-order valence-electron chi connectivity index (χ0n) is 18.0. The second kappa shape index (κ2) is 10.1. The second-order valence-corrected chi connectivity index (χ2v) is 7.71. The van der Waals surface area contributed by atoms with Crippen molar-refractivity contribution in [1.82, 2.24) is 20.4 Å². The highest BCUT2D eigenvalue weighted by Crippen LogP contribution is 2.29. The molecule has 0 saturated heterocycles. The third kappa shape index (κ3) is 5.51. The maximum Gasteiger partial charge on any atom is 0.276 e. The Labute approximate surface area is 186 Å². The highest BCUT2D eigenvalue weighted by Gasteiger charge is 2.34. The molecular formula is C24H26N4O4. The highest BCUT2D eigenvalue weighted by atomic mass is 16.5. The van der Waals surface area contributed by atoms with Crippen molar-refractivity contribution in [2.24, 2.45) is 0 Å². The molecular weight excluding hydrogens is 408 g/mol. The lowest BCUT2D eigenvalue weighted by Gasteiger charge is -2.20. The topological polar surface area (TPSA) is 97.6 Å². The number of amides is 2. The number of nitrogens with zero attached hydrogens (tertiary/aromatic N) is 3. The van der Waals surface area contributed by atoms with Gasteiger partial charge in [-0.05, 0) is 49.2 Å². The van der Waals surface area contributed by atoms with Crippen LogP contribution in [0.15, 0.2) is 59.3 Å². The summed E-state index contributed by atoms with van der Waals surface area (Å²) in [6, 6.07) is 14.9. The molecule has 2 heterocycles. The third-order valence-electron chi connectivity index (χ3n) is 5.36. The van der Waals surface area contributed by atoms with E-state index in [4.69, 9.17) is 9.26 Å². The summed E-state index contributed by atoms with van der Waals surface area (Å²) in [5, 5.41) is 6.87. The van der Waals surface area contributed by atoms with E-state index < -0.39 is 0 Å². The fourth-order valence-electron chi connectivity index (χ4n) is 3.44. The number of benzene rings is 1. The van der Waals surface area contributed by atoms with E-state index in [1.54, 1.807) is 24.3 Å². The van der Waals surface area contributed by atoms with E-state index in [-0.39, 0.29) is 30.0 Å². The normalized spacial score (nSPS) is 12.9. The minimum atomic E-state index is -0.211. The summed E-state index contributed by atoms with van der Waals surface area (Å²) in [6.45, 7) is 0.866. The van der Waals surface area contributed by atoms with Gasteiger partial charge in [0, 0.05) is 55.5 Å². The zero-order chi connectivity index (χ0) is 22.3. The number of hydrogen-bond donors (Lipinski definition) is 1. The average molecular weight is 434 g/mol. The van der Waals surface area contributed by atoms with Crippen molar-refractivity contribution >= 4 is 11.8 Å². The number of methoxy groups -OCH3 is 1. The Kier molecular flexibility index (Phi) is 6.79. The number of rotatable bonds is 10. The van der Waals surface area contributed by atoms with Gasteiger partial charge < -0.3 is 19.5 Å². The van der Waals surface area contributed by atoms with Gasteiger partial charge in [-0.2, -0.15) is 0 Å². The largest absolute Gasteiger partial charge is 0.497 e. The number of hydrogen-bond acceptors (Lipinski definition) is 6. The monoisotopic (exact) mass is 434 g/mol. The Balaban J connectivity index is 1.31. The Morgan fingerprint density at radius 3 is 2.69 bits per heavy atom. The van der Waals surface area contributed by atoms with E-state index >= 15 is 0 Å². The van der Waals surface area contributed by atoms with Crippen LogP contribution in [-0.2, 0) is 11.2 Å². The first-order valence-electron chi connectivity index (χ1n) is 10.7. The molecule has 1 aliphatic rings. The molecule has 3 aromatic rings. The van der Waals surface area contributed by atoms with Crippen molar-refractivity contribution in [3.8, 4) is 17.1 Å². The molecule has 166 valence electrons. The summed E-state index contributed by atoms with van der Waals surface area (Å²) >= 11 is 0. The minimum Gasteiger partial charge on any atom is -0.497 e. The van der Waals surface area contributed by atoms with Crippen LogP contribution in [0.25, 0.3) is 11.3 Å². The van der Waals surface area contributed by atoms with Gasteiger partial charge in [0.15, 0.2) is 11.5 Å². The van der Waals surface area contributed by atoms with Crippen LogP contribution in [0.3, 0.4) is 0 Å². The maximum absolute atomic E-state index is 13.0. The SMILES string of the molecule is COc1ccc(-c2cc(C(=O)N(CCC(=O)NCCc3ccccn3)C3CC3)no2)cc1. The number of nitrogens with one attached hydrogen (secondary N) is 1. The van der Waals surface area contributed by atoms with Crippen LogP contribution in [0.2, 0.25) is 0 Å². The van der Waals surface area contributed by atoms with E-state index in [1.165, 1.54) is 0 Å². The van der Waals surface area contributed by atoms with Gasteiger partial charge in [0.2, 0.25) is 5.91 Å². The van der Waals surface area contributed by atoms with Gasteiger partial charge in [-0.3, -0.25) is 14.6 Å². The molecule has 2 aromatic heterocycles. The summed E-state index contributed by atoms with van der Waals surface area (Å²) in [5.41, 5.74) is 1.99. The predicted octanol–water partition coefficient (Wildman–Crippen LogP) is 3.10. The second-order valence-electron chi connectivity index (χ2n) is 7.71. The van der Waals surface area contributed by atoms with Gasteiger partial charge in [0.25, 0.3) is 5.91 Å². The molecule has 4 rings (SSSR count). The van der Waals surface area contributed by atoms with Crippen LogP contribution in [-0.4, -0.2) is 53.1 Å². The summed E-state index contributed by atoms with van der Waals surface area (Å²) in [6.07, 6.45) is 4.53. The van der Waals surface area contributed by atoms with E-state index in [2.05, 4.69) is 15.5 Å². The van der Waals surface area contributed by atoms with Crippen molar-refractivity contribution in [2.45, 2.75) is 31.7 Å². The van der Waals surface area contributed by atoms with Crippen molar-refractivity contribution in [1.29, 1.82) is 0 Å². The van der Waals surface area contributed by atoms with E-state index in [1.807, 2.05) is 42.5 Å². The standard InChI is InChI=1S/C24H26N4O4/c1-31-20-9-5-17(6-10-20)22-16-21(27-32-22)24(30)28(19-7-8-19)15-12-23(29)26-14-11-18-4-2-3-13-25-18/h2-6,9-10,13,16,19H,7-8,11-12,14-15H2,1H3,(H,26,29). The number of pyridine rings is 1. The number of aromatic nitrogens is 2. The molecule has 0 aliphatic heterocycles. The Bertz CT molecular complexity index is 1050. The molecule has 32 heavy (non-hydrogen) atoms. The lowest BCUT2D eigenvalue weighted by Crippen LogP contribution is -2.37. The zero-order valence-corrected chi connectivity index (χ0v) is 18.0. The molecule has 1 aromatic carbocycles. The molecule has 0 radical (unpaired) electrons. The van der Waals surface area contributed by atoms with Crippen LogP contribution in [0, 0.1) is 0 Å². The maximum atomic E-state index is 13.0. The van der Waals surface area contributed by atoms with Crippen molar-refractivity contribution in [3.63, 3.8) is 0 Å². The Morgan fingerprint density at radius 1 is 1.19 bits per heavy atom. The number of ether oxygens (including phenoxy) is 1. The molecule has 0 atom stereocenters. The first kappa shape index (κ1) is 21.5. The fourth-order valence-corrected chi connectivity index (χ4v) is 3.44. The van der Waals surface area contributed by atoms with Crippen molar-refractivity contribution in [3.05, 3.63) is 66.1 Å². The van der Waals surface area contributed by atoms with Gasteiger partial charge in [-0.25, -0.2) is 0 Å². The molecule has 8 nitrogen and oxygen atoms in total. The van der Waals surface area contributed by atoms with Gasteiger partial charge >= 0.3 is 0 Å². The Morgan fingerprint density at radius 2 is 2.00 bits per heavy atom. The van der Waals surface area contributed by atoms with E-state index in [9.17, 15) is 9.59 Å². The quantitative estimate of drug-likeness (QED) is 0.527. The molecule has 0 unspecified atom stereocenters. The fraction of sp³-hybridized carbons (Fsp3) is 0.333. The van der Waals surface area contributed by atoms with Crippen LogP contribution in [0.4, 0.5) is 0 Å². The summed E-state index contributed by atoms with van der Waals surface area (Å²) < 4.78 is 10.6. The van der Waals surface area contributed by atoms with Gasteiger partial charge in [0.1, 0.15) is 5.75 Å². The molecule has 1 aliphatic carbocycles. The Hall–Kier alpha value is -3.68. The lowest BCUT2D eigenvalue weighted by molar-refractivity contribution is -0.121. The summed E-state index contributed by atoms with van der Waals surface area (Å²) in [7, 11) is 1.60. The predicted molar refractivity (Wildman–Crippen MR) is 118 cm³/mol. The average Bonchev–Trinajstić information content (AvgIpc) is 3.54. The van der Waals surface area contributed by atoms with Gasteiger partial charge in [-0.1, -0.05) is 11.2 Å². The van der Waals surface area contributed by atoms with Gasteiger partial charge in [-0.15, -0.1) is 0 Å². The van der Waals surface area contributed by atoms with Crippen LogP contribution < -0.4 is 10.1 Å². The van der Waals surface area contributed by atoms with E-state index in [0.717, 1.165) is 29.8 Å². The molecule has 1 saturated carbocycles. The van der Waals surface area contributed by atoms with Crippen LogP contribution in [0.1, 0.15) is 35.4 Å². The molecule has 1 fully saturated rings. The van der Waals surface area contributed by atoms with Crippen LogP contribution in [0.5, 0.6) is 5.75 Å². The van der Waals surface area contributed by atoms with E-state index in [0.29, 0.717) is 25.3 Å². The molecule has 1 N–H and O–H groups in total. The third-order valence-corrected chi connectivity index (χ3v) is 5.36. The molecule has 8 heteroatoms. The van der Waals surface area contributed by atoms with Crippen molar-refractivity contribution < 1.29 is 18.8 Å². The molecule has 0 spiro atoms. The van der Waals surface area contributed by atoms with Gasteiger partial charge in [0.05, 0.1) is 7.11 Å². The first-order chi connectivity index (χ1) is 15.6.